The van der Waals surface area contributed by atoms with Crippen molar-refractivity contribution in [2.24, 2.45) is 0 Å². The van der Waals surface area contributed by atoms with Gasteiger partial charge in [-0.2, -0.15) is 5.26 Å². The van der Waals surface area contributed by atoms with Crippen LogP contribution in [-0.4, -0.2) is 6.61 Å². The van der Waals surface area contributed by atoms with Gasteiger partial charge in [0.15, 0.2) is 0 Å². The van der Waals surface area contributed by atoms with E-state index in [1.54, 1.807) is 0 Å². The minimum absolute atomic E-state index is 0.620. The Balaban J connectivity index is 1.66. The van der Waals surface area contributed by atoms with E-state index < -0.39 is 0 Å². The van der Waals surface area contributed by atoms with Gasteiger partial charge in [0.25, 0.3) is 0 Å². The van der Waals surface area contributed by atoms with Crippen LogP contribution in [0, 0.1) is 17.8 Å². The summed E-state index contributed by atoms with van der Waals surface area (Å²) in [6, 6.07) is 17.1. The van der Waals surface area contributed by atoms with E-state index in [9.17, 15) is 5.26 Å². The summed E-state index contributed by atoms with van der Waals surface area (Å²) >= 11 is 0. The van der Waals surface area contributed by atoms with Crippen LogP contribution in [-0.2, 0) is 0 Å². The number of unbranched alkanes of at least 4 members (excludes halogenated alkanes) is 3. The minimum Gasteiger partial charge on any atom is -0.492 e. The van der Waals surface area contributed by atoms with Crippen LogP contribution in [0.15, 0.2) is 42.5 Å². The highest BCUT2D eigenvalue weighted by atomic mass is 16.5. The summed E-state index contributed by atoms with van der Waals surface area (Å²) in [4.78, 5) is 0. The first-order valence-corrected chi connectivity index (χ1v) is 10.4. The largest absolute Gasteiger partial charge is 0.492 e. The van der Waals surface area contributed by atoms with E-state index in [1.807, 2.05) is 12.1 Å². The van der Waals surface area contributed by atoms with Gasteiger partial charge in [0.2, 0.25) is 0 Å². The zero-order chi connectivity index (χ0) is 18.9. The van der Waals surface area contributed by atoms with Gasteiger partial charge in [-0.1, -0.05) is 56.5 Å². The quantitative estimate of drug-likeness (QED) is 0.473. The highest BCUT2D eigenvalue weighted by Crippen LogP contribution is 2.33. The predicted molar refractivity (Wildman–Crippen MR) is 112 cm³/mol. The number of nitriles is 1. The third kappa shape index (κ3) is 5.36. The van der Waals surface area contributed by atoms with Crippen molar-refractivity contribution in [2.45, 2.75) is 64.2 Å². The molecule has 0 saturated heterocycles. The van der Waals surface area contributed by atoms with E-state index in [1.165, 1.54) is 50.5 Å². The molecule has 2 aromatic rings. The fourth-order valence-electron chi connectivity index (χ4n) is 3.84. The van der Waals surface area contributed by atoms with E-state index in [0.717, 1.165) is 17.5 Å². The molecule has 0 amide bonds. The summed E-state index contributed by atoms with van der Waals surface area (Å²) in [6.07, 6.45) is 12.1. The number of rotatable bonds is 8. The molecule has 2 aromatic carbocycles. The molecule has 2 nitrogen and oxygen atoms in total. The van der Waals surface area contributed by atoms with Gasteiger partial charge >= 0.3 is 0 Å². The second-order valence-electron chi connectivity index (χ2n) is 7.49. The smallest absolute Gasteiger partial charge is 0.137 e. The first-order chi connectivity index (χ1) is 13.3. The number of benzene rings is 2. The molecule has 2 heteroatoms. The van der Waals surface area contributed by atoms with Crippen LogP contribution < -0.4 is 4.74 Å². The Labute approximate surface area is 164 Å². The van der Waals surface area contributed by atoms with E-state index in [4.69, 9.17) is 4.74 Å². The standard InChI is InChI=1S/C25H30NO/c1-2-3-4-8-17-27-25-16-15-23(18-24(25)19-26)22-13-11-21(12-14-22)20-9-6-5-7-10-20/h5,11-16,18,20H,2-4,6-10,17H2,1H3. The maximum absolute atomic E-state index is 9.51. The number of ether oxygens (including phenoxy) is 1. The molecule has 1 saturated carbocycles. The van der Waals surface area contributed by atoms with Crippen molar-refractivity contribution < 1.29 is 4.74 Å². The van der Waals surface area contributed by atoms with E-state index in [-0.39, 0.29) is 0 Å². The molecule has 0 unspecified atom stereocenters. The third-order valence-corrected chi connectivity index (χ3v) is 5.51. The van der Waals surface area contributed by atoms with Crippen molar-refractivity contribution in [1.82, 2.24) is 0 Å². The normalized spacial score (nSPS) is 14.7. The lowest BCUT2D eigenvalue weighted by Crippen LogP contribution is -2.04. The SMILES string of the molecule is CCCCCCOc1ccc(-c2ccc(C3CC[CH]CC3)cc2)cc1C#N. The van der Waals surface area contributed by atoms with Gasteiger partial charge in [-0.3, -0.25) is 0 Å². The molecular formula is C25H30NO. The molecule has 0 aliphatic heterocycles. The molecule has 1 aliphatic rings. The molecule has 1 aliphatic carbocycles. The highest BCUT2D eigenvalue weighted by molar-refractivity contribution is 5.67. The lowest BCUT2D eigenvalue weighted by Gasteiger charge is -2.22. The van der Waals surface area contributed by atoms with Crippen LogP contribution in [0.1, 0.15) is 75.3 Å². The van der Waals surface area contributed by atoms with Crippen LogP contribution >= 0.6 is 0 Å². The highest BCUT2D eigenvalue weighted by Gasteiger charge is 2.15. The zero-order valence-corrected chi connectivity index (χ0v) is 16.4. The average molecular weight is 361 g/mol. The van der Waals surface area contributed by atoms with Crippen LogP contribution in [0.3, 0.4) is 0 Å². The van der Waals surface area contributed by atoms with Crippen molar-refractivity contribution >= 4 is 0 Å². The second-order valence-corrected chi connectivity index (χ2v) is 7.49. The maximum atomic E-state index is 9.51. The molecule has 0 bridgehead atoms. The summed E-state index contributed by atoms with van der Waals surface area (Å²) in [5.41, 5.74) is 4.30. The Morgan fingerprint density at radius 3 is 2.41 bits per heavy atom. The van der Waals surface area contributed by atoms with Gasteiger partial charge in [0.1, 0.15) is 11.8 Å². The number of nitrogens with zero attached hydrogens (tertiary/aromatic N) is 1. The average Bonchev–Trinajstić information content (AvgIpc) is 2.74. The molecule has 0 atom stereocenters. The summed E-state index contributed by atoms with van der Waals surface area (Å²) in [6.45, 7) is 2.88. The van der Waals surface area contributed by atoms with Crippen LogP contribution in [0.2, 0.25) is 0 Å². The fraction of sp³-hybridized carbons (Fsp3) is 0.440. The van der Waals surface area contributed by atoms with Gasteiger partial charge < -0.3 is 4.74 Å². The molecule has 0 heterocycles. The third-order valence-electron chi connectivity index (χ3n) is 5.51. The van der Waals surface area contributed by atoms with E-state index in [2.05, 4.69) is 49.7 Å². The molecular weight excluding hydrogens is 330 g/mol. The number of hydrogen-bond donors (Lipinski definition) is 0. The summed E-state index contributed by atoms with van der Waals surface area (Å²) in [5.74, 6) is 1.40. The molecule has 1 radical (unpaired) electrons. The molecule has 3 rings (SSSR count). The van der Waals surface area contributed by atoms with Gasteiger partial charge in [-0.15, -0.1) is 0 Å². The predicted octanol–water partition coefficient (Wildman–Crippen LogP) is 7.05. The van der Waals surface area contributed by atoms with Gasteiger partial charge in [0, 0.05) is 0 Å². The molecule has 141 valence electrons. The fourth-order valence-corrected chi connectivity index (χ4v) is 3.84. The topological polar surface area (TPSA) is 33.0 Å². The van der Waals surface area contributed by atoms with Gasteiger partial charge in [-0.25, -0.2) is 0 Å². The summed E-state index contributed by atoms with van der Waals surface area (Å²) < 4.78 is 5.84. The second kappa shape index (κ2) is 10.2. The number of hydrogen-bond acceptors (Lipinski definition) is 2. The molecule has 0 aromatic heterocycles. The summed E-state index contributed by atoms with van der Waals surface area (Å²) in [5, 5.41) is 9.51. The molecule has 1 fully saturated rings. The van der Waals surface area contributed by atoms with E-state index >= 15 is 0 Å². The van der Waals surface area contributed by atoms with Gasteiger partial charge in [0.05, 0.1) is 12.2 Å². The lowest BCUT2D eigenvalue weighted by molar-refractivity contribution is 0.304. The Morgan fingerprint density at radius 2 is 1.70 bits per heavy atom. The lowest BCUT2D eigenvalue weighted by atomic mass is 9.83. The van der Waals surface area contributed by atoms with Crippen molar-refractivity contribution in [3.63, 3.8) is 0 Å². The van der Waals surface area contributed by atoms with E-state index in [0.29, 0.717) is 23.8 Å². The molecule has 0 spiro atoms. The van der Waals surface area contributed by atoms with Crippen LogP contribution in [0.5, 0.6) is 5.75 Å². The minimum atomic E-state index is 0.620. The van der Waals surface area contributed by atoms with Crippen molar-refractivity contribution in [3.8, 4) is 22.9 Å². The first kappa shape index (κ1) is 19.5. The van der Waals surface area contributed by atoms with Gasteiger partial charge in [-0.05, 0) is 73.3 Å². The molecule has 0 N–H and O–H groups in total. The Kier molecular flexibility index (Phi) is 7.34. The molecule has 27 heavy (non-hydrogen) atoms. The van der Waals surface area contributed by atoms with Crippen molar-refractivity contribution in [2.75, 3.05) is 6.61 Å². The Morgan fingerprint density at radius 1 is 0.963 bits per heavy atom. The first-order valence-electron chi connectivity index (χ1n) is 10.4. The zero-order valence-electron chi connectivity index (χ0n) is 16.4. The van der Waals surface area contributed by atoms with Crippen LogP contribution in [0.4, 0.5) is 0 Å². The monoisotopic (exact) mass is 360 g/mol. The maximum Gasteiger partial charge on any atom is 0.137 e. The van der Waals surface area contributed by atoms with Crippen molar-refractivity contribution in [1.29, 1.82) is 5.26 Å². The summed E-state index contributed by atoms with van der Waals surface area (Å²) in [7, 11) is 0. The van der Waals surface area contributed by atoms with Crippen LogP contribution in [0.25, 0.3) is 11.1 Å². The Hall–Kier alpha value is -2.27. The Bertz CT molecular complexity index is 751. The van der Waals surface area contributed by atoms with Crippen molar-refractivity contribution in [3.05, 3.63) is 60.0 Å².